The zero-order chi connectivity index (χ0) is 47.3. The van der Waals surface area contributed by atoms with Crippen LogP contribution in [0.4, 0.5) is 0 Å². The molecule has 0 saturated carbocycles. The molecule has 15 rings (SSSR count). The van der Waals surface area contributed by atoms with Gasteiger partial charge in [-0.3, -0.25) is 0 Å². The van der Waals surface area contributed by atoms with Crippen molar-refractivity contribution in [2.75, 3.05) is 0 Å². The molecule has 72 heavy (non-hydrogen) atoms. The van der Waals surface area contributed by atoms with Gasteiger partial charge in [-0.15, -0.1) is 0 Å². The topological polar surface area (TPSA) is 0 Å². The fourth-order valence-electron chi connectivity index (χ4n) is 12.0. The molecule has 0 atom stereocenters. The molecule has 332 valence electrons. The van der Waals surface area contributed by atoms with Crippen molar-refractivity contribution in [1.29, 1.82) is 0 Å². The SMILES string of the molecule is c1ccc(-c2ccc3ccc4c(-c5ccc(-c6cccc(-c7ccc(-c8ccc9ccc%10c(-c%11ccc(-c%12ccc%13ccccc%13c%12)cc%11)ccc%11ccc8c9c%11%10)cc7)c6)cc5)ccc5ccc2c3c54)cc1. The molecular formula is C72H44. The van der Waals surface area contributed by atoms with Gasteiger partial charge >= 0.3 is 0 Å². The molecule has 0 bridgehead atoms. The van der Waals surface area contributed by atoms with Crippen LogP contribution in [-0.2, 0) is 0 Å². The first-order valence-electron chi connectivity index (χ1n) is 25.0. The van der Waals surface area contributed by atoms with Crippen molar-refractivity contribution in [3.8, 4) is 77.9 Å². The van der Waals surface area contributed by atoms with Crippen molar-refractivity contribution < 1.29 is 0 Å². The molecule has 0 N–H and O–H groups in total. The highest BCUT2D eigenvalue weighted by Gasteiger charge is 2.18. The molecule has 0 fully saturated rings. The van der Waals surface area contributed by atoms with Crippen LogP contribution in [0.2, 0.25) is 0 Å². The van der Waals surface area contributed by atoms with E-state index in [-0.39, 0.29) is 0 Å². The lowest BCUT2D eigenvalue weighted by molar-refractivity contribution is 1.58. The van der Waals surface area contributed by atoms with Crippen LogP contribution >= 0.6 is 0 Å². The lowest BCUT2D eigenvalue weighted by Crippen LogP contribution is -1.90. The molecule has 0 unspecified atom stereocenters. The highest BCUT2D eigenvalue weighted by molar-refractivity contribution is 6.29. The summed E-state index contributed by atoms with van der Waals surface area (Å²) in [6, 6.07) is 99.3. The summed E-state index contributed by atoms with van der Waals surface area (Å²) in [5.41, 5.74) is 17.3. The third-order valence-electron chi connectivity index (χ3n) is 15.6. The van der Waals surface area contributed by atoms with E-state index in [1.54, 1.807) is 0 Å². The van der Waals surface area contributed by atoms with Crippen molar-refractivity contribution in [3.05, 3.63) is 267 Å². The molecule has 0 aromatic heterocycles. The lowest BCUT2D eigenvalue weighted by atomic mass is 9.87. The van der Waals surface area contributed by atoms with E-state index in [0.717, 1.165) is 0 Å². The quantitative estimate of drug-likeness (QED) is 0.140. The highest BCUT2D eigenvalue weighted by Crippen LogP contribution is 2.45. The van der Waals surface area contributed by atoms with Gasteiger partial charge in [0.05, 0.1) is 0 Å². The van der Waals surface area contributed by atoms with Gasteiger partial charge < -0.3 is 0 Å². The Kier molecular flexibility index (Phi) is 9.06. The molecule has 0 amide bonds. The van der Waals surface area contributed by atoms with Gasteiger partial charge in [0, 0.05) is 0 Å². The minimum atomic E-state index is 1.20. The third-order valence-corrected chi connectivity index (χ3v) is 15.6. The normalized spacial score (nSPS) is 11.9. The molecule has 0 aliphatic heterocycles. The summed E-state index contributed by atoms with van der Waals surface area (Å²) < 4.78 is 0. The summed E-state index contributed by atoms with van der Waals surface area (Å²) in [5, 5.41) is 18.1. The van der Waals surface area contributed by atoms with Gasteiger partial charge in [0.2, 0.25) is 0 Å². The van der Waals surface area contributed by atoms with E-state index in [1.807, 2.05) is 0 Å². The van der Waals surface area contributed by atoms with Gasteiger partial charge in [0.25, 0.3) is 0 Å². The second-order valence-corrected chi connectivity index (χ2v) is 19.5. The van der Waals surface area contributed by atoms with Crippen molar-refractivity contribution >= 4 is 75.4 Å². The predicted molar refractivity (Wildman–Crippen MR) is 309 cm³/mol. The van der Waals surface area contributed by atoms with Crippen LogP contribution < -0.4 is 0 Å². The van der Waals surface area contributed by atoms with Crippen LogP contribution in [-0.4, -0.2) is 0 Å². The Morgan fingerprint density at radius 2 is 0.417 bits per heavy atom. The number of hydrogen-bond acceptors (Lipinski definition) is 0. The first-order chi connectivity index (χ1) is 35.7. The van der Waals surface area contributed by atoms with Gasteiger partial charge in [-0.1, -0.05) is 255 Å². The standard InChI is InChI=1S/C72H44/c1-2-8-49(9-3-1)61-35-27-53-32-40-66-62(36-28-54-31-39-65(61)69(53)70(54)66)50-20-13-46(14-21-50)58-11-6-12-59(43-58)47-15-22-51(23-16-47)63-37-29-55-34-42-68-64(38-30-56-33-41-67(63)71(55)72(56)68)52-24-17-48(18-25-52)60-26-19-45-7-4-5-10-57(45)44-60/h1-44H. The third kappa shape index (κ3) is 6.47. The van der Waals surface area contributed by atoms with E-state index in [2.05, 4.69) is 267 Å². The van der Waals surface area contributed by atoms with E-state index >= 15 is 0 Å². The van der Waals surface area contributed by atoms with E-state index in [4.69, 9.17) is 0 Å². The fourth-order valence-corrected chi connectivity index (χ4v) is 12.0. The Balaban J connectivity index is 0.726. The molecule has 0 saturated heterocycles. The zero-order valence-electron chi connectivity index (χ0n) is 39.4. The molecule has 0 aliphatic carbocycles. The summed E-state index contributed by atoms with van der Waals surface area (Å²) >= 11 is 0. The Labute approximate surface area is 418 Å². The van der Waals surface area contributed by atoms with Gasteiger partial charge in [-0.25, -0.2) is 0 Å². The maximum absolute atomic E-state index is 2.33. The molecule has 0 aliphatic rings. The van der Waals surface area contributed by atoms with Crippen LogP contribution in [0.25, 0.3) is 153 Å². The lowest BCUT2D eigenvalue weighted by Gasteiger charge is -2.17. The number of fused-ring (bicyclic) bond motifs is 1. The molecule has 0 heteroatoms. The maximum atomic E-state index is 2.33. The Morgan fingerprint density at radius 1 is 0.139 bits per heavy atom. The minimum absolute atomic E-state index is 1.20. The fraction of sp³-hybridized carbons (Fsp3) is 0. The first kappa shape index (κ1) is 40.5. The molecular weight excluding hydrogens is 865 g/mol. The highest BCUT2D eigenvalue weighted by atomic mass is 14.2. The van der Waals surface area contributed by atoms with Crippen molar-refractivity contribution in [3.63, 3.8) is 0 Å². The largest absolute Gasteiger partial charge is 0.0622 e. The molecule has 0 radical (unpaired) electrons. The van der Waals surface area contributed by atoms with Crippen molar-refractivity contribution in [1.82, 2.24) is 0 Å². The smallest absolute Gasteiger partial charge is 0.00203 e. The van der Waals surface area contributed by atoms with Crippen LogP contribution in [0, 0.1) is 0 Å². The number of hydrogen-bond donors (Lipinski definition) is 0. The molecule has 0 heterocycles. The van der Waals surface area contributed by atoms with Gasteiger partial charge in [0.1, 0.15) is 0 Å². The van der Waals surface area contributed by atoms with E-state index in [9.17, 15) is 0 Å². The van der Waals surface area contributed by atoms with Crippen molar-refractivity contribution in [2.45, 2.75) is 0 Å². The van der Waals surface area contributed by atoms with Crippen LogP contribution in [0.1, 0.15) is 0 Å². The van der Waals surface area contributed by atoms with Gasteiger partial charge in [0.15, 0.2) is 0 Å². The maximum Gasteiger partial charge on any atom is -0.00203 e. The summed E-state index contributed by atoms with van der Waals surface area (Å²) in [4.78, 5) is 0. The minimum Gasteiger partial charge on any atom is -0.0622 e. The summed E-state index contributed by atoms with van der Waals surface area (Å²) in [6.07, 6.45) is 0. The summed E-state index contributed by atoms with van der Waals surface area (Å²) in [5.74, 6) is 0. The van der Waals surface area contributed by atoms with E-state index in [0.29, 0.717) is 0 Å². The Morgan fingerprint density at radius 3 is 0.819 bits per heavy atom. The first-order valence-corrected chi connectivity index (χ1v) is 25.0. The van der Waals surface area contributed by atoms with Crippen molar-refractivity contribution in [2.24, 2.45) is 0 Å². The van der Waals surface area contributed by atoms with Crippen LogP contribution in [0.15, 0.2) is 267 Å². The number of benzene rings is 15. The number of rotatable bonds is 7. The Bertz CT molecular complexity index is 4560. The van der Waals surface area contributed by atoms with Crippen LogP contribution in [0.3, 0.4) is 0 Å². The average Bonchev–Trinajstić information content (AvgIpc) is 3.46. The second-order valence-electron chi connectivity index (χ2n) is 19.5. The molecule has 0 spiro atoms. The molecule has 0 nitrogen and oxygen atoms in total. The summed E-state index contributed by atoms with van der Waals surface area (Å²) in [7, 11) is 0. The van der Waals surface area contributed by atoms with Crippen LogP contribution in [0.5, 0.6) is 0 Å². The average molecular weight is 909 g/mol. The second kappa shape index (κ2) is 16.1. The molecule has 15 aromatic carbocycles. The van der Waals surface area contributed by atoms with Gasteiger partial charge in [-0.2, -0.15) is 0 Å². The predicted octanol–water partition coefficient (Wildman–Crippen LogP) is 20.3. The summed E-state index contributed by atoms with van der Waals surface area (Å²) in [6.45, 7) is 0. The van der Waals surface area contributed by atoms with E-state index < -0.39 is 0 Å². The monoisotopic (exact) mass is 908 g/mol. The molecule has 15 aromatic rings. The van der Waals surface area contributed by atoms with Gasteiger partial charge in [-0.05, 0) is 165 Å². The zero-order valence-corrected chi connectivity index (χ0v) is 39.4. The van der Waals surface area contributed by atoms with E-state index in [1.165, 1.54) is 153 Å². The Hall–Kier alpha value is -9.36.